The minimum atomic E-state index is -0.465. The number of thiophene rings is 1. The van der Waals surface area contributed by atoms with Crippen LogP contribution in [0.1, 0.15) is 25.6 Å². The van der Waals surface area contributed by atoms with E-state index in [0.29, 0.717) is 15.5 Å². The van der Waals surface area contributed by atoms with Crippen LogP contribution in [0.4, 0.5) is 0 Å². The molecule has 0 spiro atoms. The van der Waals surface area contributed by atoms with Crippen molar-refractivity contribution in [3.05, 3.63) is 81.0 Å². The molecule has 0 atom stereocenters. The first-order valence-electron chi connectivity index (χ1n) is 7.56. The fourth-order valence-corrected chi connectivity index (χ4v) is 3.36. The molecule has 0 saturated heterocycles. The molecule has 0 unspecified atom stereocenters. The third-order valence-electron chi connectivity index (χ3n) is 3.64. The third kappa shape index (κ3) is 3.90. The molecular weight excluding hydrogens is 356 g/mol. The molecule has 3 aromatic rings. The molecule has 2 aromatic carbocycles. The summed E-state index contributed by atoms with van der Waals surface area (Å²) >= 11 is 7.30. The topological polar surface area (TPSA) is 58.2 Å². The third-order valence-corrected chi connectivity index (χ3v) is 4.88. The Kier molecular flexibility index (Phi) is 5.16. The van der Waals surface area contributed by atoms with Crippen LogP contribution in [0, 0.1) is 6.92 Å². The van der Waals surface area contributed by atoms with Crippen LogP contribution in [0.3, 0.4) is 0 Å². The van der Waals surface area contributed by atoms with Gasteiger partial charge in [0, 0.05) is 5.56 Å². The van der Waals surface area contributed by atoms with Gasteiger partial charge in [-0.3, -0.25) is 20.4 Å². The van der Waals surface area contributed by atoms with Crippen molar-refractivity contribution < 1.29 is 9.59 Å². The Balaban J connectivity index is 1.73. The number of amides is 2. The van der Waals surface area contributed by atoms with Gasteiger partial charge in [-0.25, -0.2) is 0 Å². The fraction of sp³-hybridized carbons (Fsp3) is 0.0526. The lowest BCUT2D eigenvalue weighted by molar-refractivity contribution is 0.0849. The van der Waals surface area contributed by atoms with Gasteiger partial charge in [0.25, 0.3) is 11.8 Å². The molecule has 3 rings (SSSR count). The van der Waals surface area contributed by atoms with Crippen molar-refractivity contribution in [2.24, 2.45) is 0 Å². The van der Waals surface area contributed by atoms with Crippen molar-refractivity contribution in [1.29, 1.82) is 0 Å². The average molecular weight is 371 g/mol. The Morgan fingerprint density at radius 1 is 0.920 bits per heavy atom. The van der Waals surface area contributed by atoms with E-state index in [4.69, 9.17) is 11.6 Å². The van der Waals surface area contributed by atoms with Crippen LogP contribution in [-0.2, 0) is 0 Å². The van der Waals surface area contributed by atoms with E-state index >= 15 is 0 Å². The molecule has 0 aliphatic rings. The normalized spacial score (nSPS) is 10.3. The van der Waals surface area contributed by atoms with E-state index < -0.39 is 5.91 Å². The number of benzene rings is 2. The van der Waals surface area contributed by atoms with Gasteiger partial charge >= 0.3 is 0 Å². The van der Waals surface area contributed by atoms with E-state index in [2.05, 4.69) is 10.9 Å². The number of nitrogens with one attached hydrogen (secondary N) is 2. The monoisotopic (exact) mass is 370 g/mol. The SMILES string of the molecule is Cc1ccc(-c2ccsc2C(=O)NNC(=O)c2ccccc2Cl)cc1. The number of hydrogen-bond donors (Lipinski definition) is 2. The van der Waals surface area contributed by atoms with Gasteiger partial charge in [-0.1, -0.05) is 53.6 Å². The van der Waals surface area contributed by atoms with Gasteiger partial charge in [-0.15, -0.1) is 11.3 Å². The smallest absolute Gasteiger partial charge is 0.267 e. The number of carbonyl (C=O) groups is 2. The number of halogens is 1. The Bertz CT molecular complexity index is 919. The van der Waals surface area contributed by atoms with Gasteiger partial charge in [0.05, 0.1) is 10.6 Å². The molecule has 2 amide bonds. The van der Waals surface area contributed by atoms with Crippen molar-refractivity contribution >= 4 is 34.8 Å². The van der Waals surface area contributed by atoms with E-state index in [1.54, 1.807) is 24.3 Å². The molecular formula is C19H15ClN2O2S. The second-order valence-corrected chi connectivity index (χ2v) is 6.74. The minimum absolute atomic E-state index is 0.300. The summed E-state index contributed by atoms with van der Waals surface area (Å²) in [5.41, 5.74) is 8.08. The highest BCUT2D eigenvalue weighted by atomic mass is 35.5. The van der Waals surface area contributed by atoms with E-state index in [-0.39, 0.29) is 5.91 Å². The molecule has 0 fully saturated rings. The van der Waals surface area contributed by atoms with E-state index in [1.165, 1.54) is 11.3 Å². The molecule has 1 aromatic heterocycles. The summed E-state index contributed by atoms with van der Waals surface area (Å²) in [5.74, 6) is -0.835. The number of aryl methyl sites for hydroxylation is 1. The molecule has 4 nitrogen and oxygen atoms in total. The molecule has 0 aliphatic heterocycles. The summed E-state index contributed by atoms with van der Waals surface area (Å²) in [6.07, 6.45) is 0. The zero-order valence-electron chi connectivity index (χ0n) is 13.4. The van der Waals surface area contributed by atoms with Crippen molar-refractivity contribution in [3.8, 4) is 11.1 Å². The highest BCUT2D eigenvalue weighted by molar-refractivity contribution is 7.12. The van der Waals surface area contributed by atoms with Crippen LogP contribution >= 0.6 is 22.9 Å². The van der Waals surface area contributed by atoms with Gasteiger partial charge in [0.2, 0.25) is 0 Å². The quantitative estimate of drug-likeness (QED) is 0.669. The first-order chi connectivity index (χ1) is 12.1. The number of hydrazine groups is 1. The van der Waals surface area contributed by atoms with Crippen LogP contribution in [0.15, 0.2) is 60.0 Å². The van der Waals surface area contributed by atoms with Crippen molar-refractivity contribution in [1.82, 2.24) is 10.9 Å². The number of rotatable bonds is 3. The summed E-state index contributed by atoms with van der Waals surface area (Å²) in [4.78, 5) is 25.1. The Morgan fingerprint density at radius 3 is 2.32 bits per heavy atom. The summed E-state index contributed by atoms with van der Waals surface area (Å²) in [6, 6.07) is 16.5. The molecule has 25 heavy (non-hydrogen) atoms. The van der Waals surface area contributed by atoms with Crippen LogP contribution in [0.2, 0.25) is 5.02 Å². The molecule has 0 bridgehead atoms. The molecule has 2 N–H and O–H groups in total. The standard InChI is InChI=1S/C19H15ClN2O2S/c1-12-6-8-13(9-7-12)14-10-11-25-17(14)19(24)22-21-18(23)15-4-2-3-5-16(15)20/h2-11H,1H3,(H,21,23)(H,22,24). The van der Waals surface area contributed by atoms with E-state index in [9.17, 15) is 9.59 Å². The summed E-state index contributed by atoms with van der Waals surface area (Å²) in [7, 11) is 0. The summed E-state index contributed by atoms with van der Waals surface area (Å²) in [6.45, 7) is 2.01. The maximum absolute atomic E-state index is 12.4. The van der Waals surface area contributed by atoms with Crippen LogP contribution in [0.5, 0.6) is 0 Å². The molecule has 0 saturated carbocycles. The molecule has 6 heteroatoms. The molecule has 0 radical (unpaired) electrons. The lowest BCUT2D eigenvalue weighted by Gasteiger charge is -2.09. The van der Waals surface area contributed by atoms with Gasteiger partial charge in [-0.05, 0) is 36.1 Å². The Labute approximate surface area is 154 Å². The Morgan fingerprint density at radius 2 is 1.60 bits per heavy atom. The van der Waals surface area contributed by atoms with Crippen molar-refractivity contribution in [2.75, 3.05) is 0 Å². The van der Waals surface area contributed by atoms with Crippen LogP contribution < -0.4 is 10.9 Å². The highest BCUT2D eigenvalue weighted by Crippen LogP contribution is 2.28. The molecule has 126 valence electrons. The largest absolute Gasteiger partial charge is 0.280 e. The number of carbonyl (C=O) groups excluding carboxylic acids is 2. The van der Waals surface area contributed by atoms with Crippen LogP contribution in [0.25, 0.3) is 11.1 Å². The lowest BCUT2D eigenvalue weighted by Crippen LogP contribution is -2.41. The molecule has 1 heterocycles. The van der Waals surface area contributed by atoms with Gasteiger partial charge in [0.15, 0.2) is 0 Å². The predicted molar refractivity (Wildman–Crippen MR) is 101 cm³/mol. The second kappa shape index (κ2) is 7.51. The summed E-state index contributed by atoms with van der Waals surface area (Å²) in [5, 5.41) is 2.17. The maximum atomic E-state index is 12.4. The fourth-order valence-electron chi connectivity index (χ4n) is 2.33. The highest BCUT2D eigenvalue weighted by Gasteiger charge is 2.16. The first kappa shape index (κ1) is 17.2. The second-order valence-electron chi connectivity index (χ2n) is 5.42. The van der Waals surface area contributed by atoms with Gasteiger partial charge in [0.1, 0.15) is 4.88 Å². The average Bonchev–Trinajstić information content (AvgIpc) is 3.10. The number of hydrogen-bond acceptors (Lipinski definition) is 3. The van der Waals surface area contributed by atoms with E-state index in [1.807, 2.05) is 42.6 Å². The lowest BCUT2D eigenvalue weighted by atomic mass is 10.1. The van der Waals surface area contributed by atoms with Crippen molar-refractivity contribution in [2.45, 2.75) is 6.92 Å². The van der Waals surface area contributed by atoms with Crippen LogP contribution in [-0.4, -0.2) is 11.8 Å². The van der Waals surface area contributed by atoms with Gasteiger partial charge < -0.3 is 0 Å². The zero-order valence-corrected chi connectivity index (χ0v) is 14.9. The summed E-state index contributed by atoms with van der Waals surface area (Å²) < 4.78 is 0. The minimum Gasteiger partial charge on any atom is -0.267 e. The zero-order chi connectivity index (χ0) is 17.8. The van der Waals surface area contributed by atoms with Gasteiger partial charge in [-0.2, -0.15) is 0 Å². The van der Waals surface area contributed by atoms with E-state index in [0.717, 1.165) is 16.7 Å². The maximum Gasteiger partial charge on any atom is 0.280 e. The Hall–Kier alpha value is -2.63. The first-order valence-corrected chi connectivity index (χ1v) is 8.82. The predicted octanol–water partition coefficient (Wildman–Crippen LogP) is 4.45. The van der Waals surface area contributed by atoms with Crippen molar-refractivity contribution in [3.63, 3.8) is 0 Å². The molecule has 0 aliphatic carbocycles.